The van der Waals surface area contributed by atoms with Crippen LogP contribution >= 0.6 is 0 Å². The zero-order chi connectivity index (χ0) is 10.6. The van der Waals surface area contributed by atoms with Crippen LogP contribution in [0.1, 0.15) is 22.2 Å². The topological polar surface area (TPSA) is 61.6 Å². The first-order chi connectivity index (χ1) is 6.70. The van der Waals surface area contributed by atoms with E-state index in [2.05, 4.69) is 0 Å². The summed E-state index contributed by atoms with van der Waals surface area (Å²) in [4.78, 5) is 11.1. The molecule has 0 aliphatic heterocycles. The third kappa shape index (κ3) is 3.59. The number of methoxy groups -OCH3 is 2. The maximum atomic E-state index is 11.1. The molecule has 0 spiro atoms. The molecule has 2 N–H and O–H groups in total. The van der Waals surface area contributed by atoms with Crippen molar-refractivity contribution in [2.75, 3.05) is 14.2 Å². The maximum absolute atomic E-state index is 11.1. The van der Waals surface area contributed by atoms with Crippen LogP contribution in [0.25, 0.3) is 0 Å². The van der Waals surface area contributed by atoms with E-state index in [-0.39, 0.29) is 29.6 Å². The number of ether oxygens (including phenoxy) is 2. The number of hydrogen-bond donors (Lipinski definition) is 1. The molecule has 15 heavy (non-hydrogen) atoms. The van der Waals surface area contributed by atoms with Crippen molar-refractivity contribution >= 4 is 35.5 Å². The molecule has 0 fully saturated rings. The minimum absolute atomic E-state index is 0. The summed E-state index contributed by atoms with van der Waals surface area (Å²) < 4.78 is 10.1. The Morgan fingerprint density at radius 3 is 2.27 bits per heavy atom. The van der Waals surface area contributed by atoms with Crippen LogP contribution < -0.4 is 5.73 Å². The van der Waals surface area contributed by atoms with Crippen LogP contribution in [0, 0.1) is 0 Å². The molecule has 0 aliphatic carbocycles. The van der Waals surface area contributed by atoms with Crippen molar-refractivity contribution in [2.24, 2.45) is 5.73 Å². The summed E-state index contributed by atoms with van der Waals surface area (Å²) in [6.45, 7) is 0. The molecule has 1 aromatic rings. The molecule has 0 radical (unpaired) electrons. The van der Waals surface area contributed by atoms with Gasteiger partial charge in [0, 0.05) is 25.3 Å². The van der Waals surface area contributed by atoms with Crippen LogP contribution in [0.5, 0.6) is 0 Å². The summed E-state index contributed by atoms with van der Waals surface area (Å²) in [5.41, 5.74) is 6.27. The summed E-state index contributed by atoms with van der Waals surface area (Å²) in [5.74, 6) is -0.486. The third-order valence-electron chi connectivity index (χ3n) is 1.91. The Morgan fingerprint density at radius 2 is 1.80 bits per heavy atom. The van der Waals surface area contributed by atoms with Crippen molar-refractivity contribution in [1.29, 1.82) is 0 Å². The molecule has 1 rings (SSSR count). The molecular formula is C10H14NNaO3. The Bertz CT molecular complexity index is 326. The summed E-state index contributed by atoms with van der Waals surface area (Å²) in [6.07, 6.45) is -0.557. The normalized spacial score (nSPS) is 9.80. The van der Waals surface area contributed by atoms with Crippen molar-refractivity contribution in [1.82, 2.24) is 0 Å². The molecule has 0 aromatic heterocycles. The molecule has 0 saturated heterocycles. The Hall–Kier alpha value is -0.390. The van der Waals surface area contributed by atoms with Gasteiger partial charge in [0.1, 0.15) is 0 Å². The SMILES string of the molecule is COC(OC)c1ccccc1C(N)=O.[NaH]. The minimum atomic E-state index is -0.557. The Morgan fingerprint density at radius 1 is 1.27 bits per heavy atom. The average Bonchev–Trinajstić information content (AvgIpc) is 2.20. The van der Waals surface area contributed by atoms with Crippen molar-refractivity contribution in [3.8, 4) is 0 Å². The molecule has 0 aliphatic rings. The molecular weight excluding hydrogens is 205 g/mol. The van der Waals surface area contributed by atoms with Crippen molar-refractivity contribution in [3.05, 3.63) is 35.4 Å². The monoisotopic (exact) mass is 219 g/mol. The predicted octanol–water partition coefficient (Wildman–Crippen LogP) is 0.428. The van der Waals surface area contributed by atoms with E-state index in [4.69, 9.17) is 15.2 Å². The van der Waals surface area contributed by atoms with E-state index in [1.807, 2.05) is 0 Å². The molecule has 1 amide bonds. The van der Waals surface area contributed by atoms with Gasteiger partial charge in [0.25, 0.3) is 0 Å². The van der Waals surface area contributed by atoms with Crippen LogP contribution in [0.4, 0.5) is 0 Å². The van der Waals surface area contributed by atoms with Gasteiger partial charge in [0.2, 0.25) is 5.91 Å². The second-order valence-electron chi connectivity index (χ2n) is 2.75. The first-order valence-corrected chi connectivity index (χ1v) is 4.15. The van der Waals surface area contributed by atoms with Crippen LogP contribution in [-0.4, -0.2) is 49.7 Å². The van der Waals surface area contributed by atoms with Crippen LogP contribution in [0.2, 0.25) is 0 Å². The van der Waals surface area contributed by atoms with E-state index in [9.17, 15) is 4.79 Å². The van der Waals surface area contributed by atoms with Crippen LogP contribution in [0.15, 0.2) is 24.3 Å². The number of amides is 1. The third-order valence-corrected chi connectivity index (χ3v) is 1.91. The molecule has 0 unspecified atom stereocenters. The summed E-state index contributed by atoms with van der Waals surface area (Å²) in [7, 11) is 3.01. The van der Waals surface area contributed by atoms with Crippen LogP contribution in [0.3, 0.4) is 0 Å². The zero-order valence-electron chi connectivity index (χ0n) is 8.19. The number of rotatable bonds is 4. The fraction of sp³-hybridized carbons (Fsp3) is 0.300. The van der Waals surface area contributed by atoms with Gasteiger partial charge in [-0.25, -0.2) is 0 Å². The number of hydrogen-bond acceptors (Lipinski definition) is 3. The average molecular weight is 219 g/mol. The van der Waals surface area contributed by atoms with Gasteiger partial charge >= 0.3 is 29.6 Å². The van der Waals surface area contributed by atoms with Gasteiger partial charge in [-0.1, -0.05) is 18.2 Å². The Balaban J connectivity index is 0.00000196. The molecule has 0 atom stereocenters. The summed E-state index contributed by atoms with van der Waals surface area (Å²) in [5, 5.41) is 0. The van der Waals surface area contributed by atoms with E-state index in [1.165, 1.54) is 14.2 Å². The zero-order valence-corrected chi connectivity index (χ0v) is 8.19. The molecule has 1 aromatic carbocycles. The van der Waals surface area contributed by atoms with E-state index in [0.29, 0.717) is 11.1 Å². The van der Waals surface area contributed by atoms with Gasteiger partial charge in [-0.3, -0.25) is 4.79 Å². The number of primary amides is 1. The van der Waals surface area contributed by atoms with Gasteiger partial charge in [0.05, 0.1) is 0 Å². The van der Waals surface area contributed by atoms with Crippen molar-refractivity contribution in [3.63, 3.8) is 0 Å². The first-order valence-electron chi connectivity index (χ1n) is 4.15. The molecule has 5 heteroatoms. The van der Waals surface area contributed by atoms with Gasteiger partial charge in [-0.05, 0) is 6.07 Å². The van der Waals surface area contributed by atoms with Gasteiger partial charge < -0.3 is 15.2 Å². The molecule has 78 valence electrons. The van der Waals surface area contributed by atoms with Gasteiger partial charge in [0.15, 0.2) is 6.29 Å². The standard InChI is InChI=1S/C10H13NO3.Na.H/c1-13-10(14-2)8-6-4-3-5-7(8)9(11)12;;/h3-6,10H,1-2H3,(H2,11,12);;. The van der Waals surface area contributed by atoms with Gasteiger partial charge in [-0.15, -0.1) is 0 Å². The number of carbonyl (C=O) groups is 1. The first kappa shape index (κ1) is 14.6. The Labute approximate surface area is 111 Å². The van der Waals surface area contributed by atoms with Gasteiger partial charge in [-0.2, -0.15) is 0 Å². The van der Waals surface area contributed by atoms with Crippen molar-refractivity contribution < 1.29 is 14.3 Å². The molecule has 4 nitrogen and oxygen atoms in total. The summed E-state index contributed by atoms with van der Waals surface area (Å²) in [6, 6.07) is 6.93. The number of benzene rings is 1. The Kier molecular flexibility index (Phi) is 6.80. The molecule has 0 bridgehead atoms. The number of carbonyl (C=O) groups excluding carboxylic acids is 1. The number of nitrogens with two attached hydrogens (primary N) is 1. The fourth-order valence-electron chi connectivity index (χ4n) is 1.28. The second kappa shape index (κ2) is 6.98. The molecule has 0 saturated carbocycles. The predicted molar refractivity (Wildman–Crippen MR) is 58.9 cm³/mol. The van der Waals surface area contributed by atoms with E-state index >= 15 is 0 Å². The van der Waals surface area contributed by atoms with Crippen LogP contribution in [-0.2, 0) is 9.47 Å². The van der Waals surface area contributed by atoms with E-state index in [1.54, 1.807) is 24.3 Å². The van der Waals surface area contributed by atoms with E-state index in [0.717, 1.165) is 0 Å². The quantitative estimate of drug-likeness (QED) is 0.590. The second-order valence-corrected chi connectivity index (χ2v) is 2.75. The van der Waals surface area contributed by atoms with E-state index < -0.39 is 12.2 Å². The molecule has 0 heterocycles. The summed E-state index contributed by atoms with van der Waals surface area (Å²) >= 11 is 0. The van der Waals surface area contributed by atoms with Crippen molar-refractivity contribution in [2.45, 2.75) is 6.29 Å². The fourth-order valence-corrected chi connectivity index (χ4v) is 1.28.